The largest absolute Gasteiger partial charge is 0.454 e. The van der Waals surface area contributed by atoms with E-state index in [0.29, 0.717) is 25.3 Å². The molecule has 3 heterocycles. The summed E-state index contributed by atoms with van der Waals surface area (Å²) >= 11 is 0. The molecule has 1 saturated heterocycles. The van der Waals surface area contributed by atoms with Crippen molar-refractivity contribution in [2.45, 2.75) is 13.1 Å². The molecule has 0 saturated carbocycles. The first kappa shape index (κ1) is 20.3. The van der Waals surface area contributed by atoms with E-state index < -0.39 is 0 Å². The van der Waals surface area contributed by atoms with Crippen molar-refractivity contribution >= 4 is 12.0 Å². The lowest BCUT2D eigenvalue weighted by Crippen LogP contribution is -2.47. The van der Waals surface area contributed by atoms with Gasteiger partial charge in [0.1, 0.15) is 5.69 Å². The maximum absolute atomic E-state index is 12.6. The van der Waals surface area contributed by atoms with E-state index in [1.165, 1.54) is 5.56 Å². The van der Waals surface area contributed by atoms with Crippen LogP contribution in [0.15, 0.2) is 60.8 Å². The van der Waals surface area contributed by atoms with Crippen molar-refractivity contribution in [1.82, 2.24) is 24.8 Å². The van der Waals surface area contributed by atoms with Crippen LogP contribution in [0.5, 0.6) is 11.5 Å². The summed E-state index contributed by atoms with van der Waals surface area (Å²) in [5.41, 5.74) is 3.02. The van der Waals surface area contributed by atoms with Gasteiger partial charge in [-0.1, -0.05) is 41.6 Å². The molecular weight excluding hydrogens is 406 g/mol. The molecule has 3 aromatic rings. The van der Waals surface area contributed by atoms with Crippen molar-refractivity contribution in [3.63, 3.8) is 0 Å². The smallest absolute Gasteiger partial charge is 0.246 e. The molecule has 0 N–H and O–H groups in total. The molecule has 2 aliphatic rings. The van der Waals surface area contributed by atoms with E-state index in [-0.39, 0.29) is 12.7 Å². The Balaban J connectivity index is 1.10. The minimum atomic E-state index is 0.00494. The maximum atomic E-state index is 12.6. The van der Waals surface area contributed by atoms with E-state index in [2.05, 4.69) is 21.3 Å². The predicted molar refractivity (Wildman–Crippen MR) is 119 cm³/mol. The quantitative estimate of drug-likeness (QED) is 0.558. The van der Waals surface area contributed by atoms with Crippen molar-refractivity contribution in [1.29, 1.82) is 0 Å². The third-order valence-corrected chi connectivity index (χ3v) is 5.67. The number of fused-ring (bicyclic) bond motifs is 1. The zero-order valence-electron chi connectivity index (χ0n) is 17.8. The number of carbonyl (C=O) groups is 1. The van der Waals surface area contributed by atoms with Crippen LogP contribution in [-0.4, -0.2) is 63.7 Å². The molecule has 32 heavy (non-hydrogen) atoms. The van der Waals surface area contributed by atoms with Gasteiger partial charge in [-0.05, 0) is 29.3 Å². The first-order valence-corrected chi connectivity index (χ1v) is 10.7. The summed E-state index contributed by atoms with van der Waals surface area (Å²) in [7, 11) is 0. The molecule has 1 amide bonds. The molecule has 2 aliphatic heterocycles. The van der Waals surface area contributed by atoms with Crippen LogP contribution in [0.2, 0.25) is 0 Å². The van der Waals surface area contributed by atoms with E-state index in [9.17, 15) is 4.79 Å². The van der Waals surface area contributed by atoms with Crippen molar-refractivity contribution < 1.29 is 14.3 Å². The highest BCUT2D eigenvalue weighted by atomic mass is 16.7. The van der Waals surface area contributed by atoms with Crippen LogP contribution in [0.1, 0.15) is 16.8 Å². The molecule has 0 atom stereocenters. The molecular formula is C24H25N5O3. The van der Waals surface area contributed by atoms with Gasteiger partial charge >= 0.3 is 0 Å². The second kappa shape index (κ2) is 9.23. The molecule has 164 valence electrons. The second-order valence-electron chi connectivity index (χ2n) is 7.95. The van der Waals surface area contributed by atoms with Crippen LogP contribution in [0.25, 0.3) is 6.08 Å². The Bertz CT molecular complexity index is 1100. The van der Waals surface area contributed by atoms with Gasteiger partial charge in [-0.3, -0.25) is 9.69 Å². The fraction of sp³-hybridized carbons (Fsp3) is 0.292. The number of rotatable bonds is 6. The first-order valence-electron chi connectivity index (χ1n) is 10.7. The summed E-state index contributed by atoms with van der Waals surface area (Å²) in [5, 5.41) is 8.28. The maximum Gasteiger partial charge on any atom is 0.246 e. The van der Waals surface area contributed by atoms with Crippen LogP contribution in [0.4, 0.5) is 0 Å². The summed E-state index contributed by atoms with van der Waals surface area (Å²) in [6.45, 7) is 4.85. The lowest BCUT2D eigenvalue weighted by molar-refractivity contribution is -0.127. The lowest BCUT2D eigenvalue weighted by atomic mass is 10.1. The number of ether oxygens (including phenoxy) is 2. The average Bonchev–Trinajstić information content (AvgIpc) is 3.48. The van der Waals surface area contributed by atoms with E-state index in [1.54, 1.807) is 16.8 Å². The highest BCUT2D eigenvalue weighted by Gasteiger charge is 2.21. The molecule has 2 aromatic carbocycles. The number of piperazine rings is 1. The van der Waals surface area contributed by atoms with Crippen LogP contribution >= 0.6 is 0 Å². The summed E-state index contributed by atoms with van der Waals surface area (Å²) in [6, 6.07) is 16.1. The predicted octanol–water partition coefficient (Wildman–Crippen LogP) is 2.41. The Kier molecular flexibility index (Phi) is 5.85. The van der Waals surface area contributed by atoms with E-state index >= 15 is 0 Å². The van der Waals surface area contributed by atoms with Crippen LogP contribution in [0, 0.1) is 0 Å². The standard InChI is InChI=1S/C24H25N5O3/c30-24(9-7-21-17-29(26-25-21)16-19-4-2-1-3-5-19)28-12-10-27(11-13-28)15-20-6-8-22-23(14-20)32-18-31-22/h1-9,14,17H,10-13,15-16,18H2. The first-order chi connectivity index (χ1) is 15.7. The number of hydrogen-bond acceptors (Lipinski definition) is 6. The van der Waals surface area contributed by atoms with Crippen LogP contribution in [-0.2, 0) is 17.9 Å². The number of amides is 1. The van der Waals surface area contributed by atoms with Gasteiger partial charge in [0.2, 0.25) is 12.7 Å². The van der Waals surface area contributed by atoms with Crippen molar-refractivity contribution in [3.8, 4) is 11.5 Å². The van der Waals surface area contributed by atoms with E-state index in [1.807, 2.05) is 53.6 Å². The van der Waals surface area contributed by atoms with Gasteiger partial charge < -0.3 is 14.4 Å². The summed E-state index contributed by atoms with van der Waals surface area (Å²) in [6.07, 6.45) is 5.17. The fourth-order valence-corrected chi connectivity index (χ4v) is 3.92. The van der Waals surface area contributed by atoms with E-state index in [4.69, 9.17) is 9.47 Å². The molecule has 0 radical (unpaired) electrons. The second-order valence-corrected chi connectivity index (χ2v) is 7.95. The Labute approximate surface area is 186 Å². The summed E-state index contributed by atoms with van der Waals surface area (Å²) in [5.74, 6) is 1.61. The van der Waals surface area contributed by atoms with E-state index in [0.717, 1.165) is 36.7 Å². The highest BCUT2D eigenvalue weighted by Crippen LogP contribution is 2.32. The van der Waals surface area contributed by atoms with Crippen molar-refractivity contribution in [2.75, 3.05) is 33.0 Å². The van der Waals surface area contributed by atoms with Gasteiger partial charge in [-0.2, -0.15) is 0 Å². The summed E-state index contributed by atoms with van der Waals surface area (Å²) in [4.78, 5) is 16.8. The van der Waals surface area contributed by atoms with Gasteiger partial charge in [0.05, 0.1) is 12.7 Å². The van der Waals surface area contributed by atoms with Gasteiger partial charge in [0.25, 0.3) is 0 Å². The monoisotopic (exact) mass is 431 g/mol. The number of carbonyl (C=O) groups excluding carboxylic acids is 1. The normalized spacial score (nSPS) is 16.1. The topological polar surface area (TPSA) is 72.7 Å². The average molecular weight is 431 g/mol. The summed E-state index contributed by atoms with van der Waals surface area (Å²) < 4.78 is 12.6. The Morgan fingerprint density at radius 3 is 2.59 bits per heavy atom. The van der Waals surface area contributed by atoms with Crippen molar-refractivity contribution in [3.05, 3.63) is 77.6 Å². The molecule has 8 nitrogen and oxygen atoms in total. The van der Waals surface area contributed by atoms with Gasteiger partial charge in [0, 0.05) is 38.8 Å². The van der Waals surface area contributed by atoms with Crippen LogP contribution < -0.4 is 9.47 Å². The molecule has 5 rings (SSSR count). The molecule has 0 spiro atoms. The Morgan fingerprint density at radius 2 is 1.75 bits per heavy atom. The zero-order valence-corrected chi connectivity index (χ0v) is 17.8. The Morgan fingerprint density at radius 1 is 0.938 bits per heavy atom. The fourth-order valence-electron chi connectivity index (χ4n) is 3.92. The zero-order chi connectivity index (χ0) is 21.8. The molecule has 1 aromatic heterocycles. The molecule has 0 unspecified atom stereocenters. The molecule has 0 aliphatic carbocycles. The van der Waals surface area contributed by atoms with Gasteiger partial charge in [-0.25, -0.2) is 4.68 Å². The number of aromatic nitrogens is 3. The lowest BCUT2D eigenvalue weighted by Gasteiger charge is -2.34. The number of hydrogen-bond donors (Lipinski definition) is 0. The van der Waals surface area contributed by atoms with Crippen LogP contribution in [0.3, 0.4) is 0 Å². The molecule has 0 bridgehead atoms. The highest BCUT2D eigenvalue weighted by molar-refractivity contribution is 5.91. The number of nitrogens with zero attached hydrogens (tertiary/aromatic N) is 5. The number of benzene rings is 2. The minimum absolute atomic E-state index is 0.00494. The van der Waals surface area contributed by atoms with Gasteiger partial charge in [-0.15, -0.1) is 5.10 Å². The van der Waals surface area contributed by atoms with Gasteiger partial charge in [0.15, 0.2) is 11.5 Å². The molecule has 8 heteroatoms. The Hall–Kier alpha value is -3.65. The third kappa shape index (κ3) is 4.81. The SMILES string of the molecule is O=C(C=Cc1cn(Cc2ccccc2)nn1)N1CCN(Cc2ccc3c(c2)OCO3)CC1. The minimum Gasteiger partial charge on any atom is -0.454 e. The molecule has 1 fully saturated rings. The van der Waals surface area contributed by atoms with Crippen molar-refractivity contribution in [2.24, 2.45) is 0 Å². The third-order valence-electron chi connectivity index (χ3n) is 5.67.